The Bertz CT molecular complexity index is 760. The molecule has 0 amide bonds. The third-order valence-electron chi connectivity index (χ3n) is 5.27. The van der Waals surface area contributed by atoms with Gasteiger partial charge < -0.3 is 9.32 Å². The molecule has 1 aliphatic heterocycles. The van der Waals surface area contributed by atoms with E-state index in [1.54, 1.807) is 11.8 Å². The smallest absolute Gasteiger partial charge is 0.419 e. The second-order valence-electron chi connectivity index (χ2n) is 6.64. The van der Waals surface area contributed by atoms with Gasteiger partial charge in [-0.25, -0.2) is 0 Å². The van der Waals surface area contributed by atoms with Crippen molar-refractivity contribution < 1.29 is 17.6 Å². The number of aryl methyl sites for hydroxylation is 1. The van der Waals surface area contributed by atoms with Crippen LogP contribution >= 0.6 is 0 Å². The van der Waals surface area contributed by atoms with Crippen molar-refractivity contribution in [2.24, 2.45) is 5.92 Å². The molecule has 4 rings (SSSR count). The number of nitrogens with zero attached hydrogens (tertiary/aromatic N) is 4. The van der Waals surface area contributed by atoms with E-state index in [2.05, 4.69) is 15.2 Å². The van der Waals surface area contributed by atoms with Crippen LogP contribution in [0.3, 0.4) is 0 Å². The second kappa shape index (κ2) is 5.19. The Morgan fingerprint density at radius 2 is 2.17 bits per heavy atom. The van der Waals surface area contributed by atoms with E-state index in [1.165, 1.54) is 12.3 Å². The minimum Gasteiger partial charge on any atom is -0.425 e. The number of fused-ring (bicyclic) bond motifs is 1. The molecule has 1 aliphatic carbocycles. The van der Waals surface area contributed by atoms with Gasteiger partial charge in [0, 0.05) is 32.4 Å². The van der Waals surface area contributed by atoms with Crippen LogP contribution in [0.4, 0.5) is 18.9 Å². The summed E-state index contributed by atoms with van der Waals surface area (Å²) in [5.41, 5.74) is -0.850. The highest BCUT2D eigenvalue weighted by Crippen LogP contribution is 2.51. The van der Waals surface area contributed by atoms with Gasteiger partial charge in [0.05, 0.1) is 16.7 Å². The van der Waals surface area contributed by atoms with E-state index in [4.69, 9.17) is 4.42 Å². The number of hydrogen-bond acceptors (Lipinski definition) is 5. The third-order valence-corrected chi connectivity index (χ3v) is 5.27. The molecule has 1 saturated carbocycles. The minimum atomic E-state index is -4.42. The van der Waals surface area contributed by atoms with Crippen molar-refractivity contribution in [3.05, 3.63) is 35.8 Å². The second-order valence-corrected chi connectivity index (χ2v) is 6.64. The predicted molar refractivity (Wildman–Crippen MR) is 79.5 cm³/mol. The topological polar surface area (TPSA) is 55.1 Å². The fourth-order valence-corrected chi connectivity index (χ4v) is 4.20. The molecule has 1 saturated heterocycles. The number of anilines is 1. The lowest BCUT2D eigenvalue weighted by Gasteiger charge is -2.26. The Balaban J connectivity index is 1.72. The standard InChI is InChI=1S/C16H17F3N4O/c1-10-21-22-14(24-10)15-5-2-3-11(15)8-23(9-15)13-4-6-20-7-12(13)16(17,18)19/h4,6-7,11H,2-3,5,8-9H2,1H3/t11-,15-/m0/s1. The van der Waals surface area contributed by atoms with Crippen molar-refractivity contribution in [1.82, 2.24) is 15.2 Å². The van der Waals surface area contributed by atoms with Crippen molar-refractivity contribution in [2.45, 2.75) is 37.8 Å². The Morgan fingerprint density at radius 1 is 1.33 bits per heavy atom. The zero-order valence-electron chi connectivity index (χ0n) is 13.2. The first-order valence-corrected chi connectivity index (χ1v) is 7.97. The normalized spacial score (nSPS) is 26.8. The molecular formula is C16H17F3N4O. The van der Waals surface area contributed by atoms with Crippen LogP contribution in [0, 0.1) is 12.8 Å². The summed E-state index contributed by atoms with van der Waals surface area (Å²) < 4.78 is 45.6. The molecule has 3 heterocycles. The van der Waals surface area contributed by atoms with Gasteiger partial charge in [0.2, 0.25) is 11.8 Å². The summed E-state index contributed by atoms with van der Waals surface area (Å²) in [5, 5.41) is 8.10. The van der Waals surface area contributed by atoms with E-state index in [1.807, 2.05) is 0 Å². The molecule has 2 aromatic rings. The highest BCUT2D eigenvalue weighted by Gasteiger charge is 2.54. The summed E-state index contributed by atoms with van der Waals surface area (Å²) in [5.74, 6) is 1.28. The zero-order valence-corrected chi connectivity index (χ0v) is 13.2. The van der Waals surface area contributed by atoms with Crippen molar-refractivity contribution in [3.63, 3.8) is 0 Å². The summed E-state index contributed by atoms with van der Waals surface area (Å²) in [6, 6.07) is 1.44. The quantitative estimate of drug-likeness (QED) is 0.840. The Hall–Kier alpha value is -2.12. The van der Waals surface area contributed by atoms with Gasteiger partial charge in [0.25, 0.3) is 0 Å². The largest absolute Gasteiger partial charge is 0.425 e. The summed E-state index contributed by atoms with van der Waals surface area (Å²) in [6.07, 6.45) is 0.736. The average Bonchev–Trinajstić information content (AvgIpc) is 3.19. The molecule has 5 nitrogen and oxygen atoms in total. The van der Waals surface area contributed by atoms with Gasteiger partial charge in [-0.2, -0.15) is 13.2 Å². The van der Waals surface area contributed by atoms with Gasteiger partial charge in [-0.1, -0.05) is 6.42 Å². The predicted octanol–water partition coefficient (Wildman–Crippen LogP) is 3.35. The average molecular weight is 338 g/mol. The monoisotopic (exact) mass is 338 g/mol. The Kier molecular flexibility index (Phi) is 3.33. The van der Waals surface area contributed by atoms with Crippen LogP contribution in [-0.2, 0) is 11.6 Å². The van der Waals surface area contributed by atoms with Gasteiger partial charge >= 0.3 is 6.18 Å². The fourth-order valence-electron chi connectivity index (χ4n) is 4.20. The number of aromatic nitrogens is 3. The van der Waals surface area contributed by atoms with Crippen LogP contribution in [0.2, 0.25) is 0 Å². The van der Waals surface area contributed by atoms with Gasteiger partial charge in [-0.05, 0) is 24.8 Å². The van der Waals surface area contributed by atoms with Gasteiger partial charge in [-0.3, -0.25) is 4.98 Å². The lowest BCUT2D eigenvalue weighted by molar-refractivity contribution is -0.137. The summed E-state index contributed by atoms with van der Waals surface area (Å²) in [7, 11) is 0. The van der Waals surface area contributed by atoms with E-state index in [0.717, 1.165) is 25.5 Å². The van der Waals surface area contributed by atoms with E-state index >= 15 is 0 Å². The van der Waals surface area contributed by atoms with Crippen LogP contribution in [0.25, 0.3) is 0 Å². The van der Waals surface area contributed by atoms with E-state index in [0.29, 0.717) is 24.9 Å². The summed E-state index contributed by atoms with van der Waals surface area (Å²) in [4.78, 5) is 5.45. The first-order valence-electron chi connectivity index (χ1n) is 7.97. The van der Waals surface area contributed by atoms with Crippen molar-refractivity contribution >= 4 is 5.69 Å². The first-order chi connectivity index (χ1) is 11.4. The van der Waals surface area contributed by atoms with E-state index in [9.17, 15) is 13.2 Å². The van der Waals surface area contributed by atoms with Crippen molar-refractivity contribution in [3.8, 4) is 0 Å². The van der Waals surface area contributed by atoms with Crippen LogP contribution < -0.4 is 4.90 Å². The number of hydrogen-bond donors (Lipinski definition) is 0. The maximum Gasteiger partial charge on any atom is 0.419 e. The number of alkyl halides is 3. The maximum atomic E-state index is 13.3. The maximum absolute atomic E-state index is 13.3. The lowest BCUT2D eigenvalue weighted by atomic mass is 9.80. The Labute approximate surface area is 136 Å². The van der Waals surface area contributed by atoms with Gasteiger partial charge in [-0.15, -0.1) is 10.2 Å². The number of halogens is 3. The molecule has 0 unspecified atom stereocenters. The molecule has 0 aromatic carbocycles. The SMILES string of the molecule is Cc1nnc([C@]23CCC[C@H]2CN(c2ccncc2C(F)(F)F)C3)o1. The Morgan fingerprint density at radius 3 is 2.88 bits per heavy atom. The molecule has 128 valence electrons. The third kappa shape index (κ3) is 2.27. The van der Waals surface area contributed by atoms with Crippen molar-refractivity contribution in [1.29, 1.82) is 0 Å². The molecule has 0 radical (unpaired) electrons. The van der Waals surface area contributed by atoms with Crippen LogP contribution in [0.1, 0.15) is 36.6 Å². The molecule has 2 atom stereocenters. The van der Waals surface area contributed by atoms with Crippen molar-refractivity contribution in [2.75, 3.05) is 18.0 Å². The van der Waals surface area contributed by atoms with Gasteiger partial charge in [0.1, 0.15) is 0 Å². The van der Waals surface area contributed by atoms with Crippen LogP contribution in [0.5, 0.6) is 0 Å². The summed E-state index contributed by atoms with van der Waals surface area (Å²) in [6.45, 7) is 2.76. The molecule has 2 aromatic heterocycles. The molecule has 0 N–H and O–H groups in total. The molecule has 0 bridgehead atoms. The minimum absolute atomic E-state index is 0.183. The molecule has 0 spiro atoms. The molecule has 2 fully saturated rings. The van der Waals surface area contributed by atoms with E-state index < -0.39 is 11.7 Å². The number of rotatable bonds is 2. The number of pyridine rings is 1. The zero-order chi connectivity index (χ0) is 16.9. The van der Waals surface area contributed by atoms with Gasteiger partial charge in [0.15, 0.2) is 0 Å². The van der Waals surface area contributed by atoms with E-state index in [-0.39, 0.29) is 17.0 Å². The van der Waals surface area contributed by atoms with Crippen LogP contribution in [0.15, 0.2) is 22.9 Å². The highest BCUT2D eigenvalue weighted by atomic mass is 19.4. The molecule has 8 heteroatoms. The molecular weight excluding hydrogens is 321 g/mol. The molecule has 2 aliphatic rings. The lowest BCUT2D eigenvalue weighted by Crippen LogP contribution is -2.33. The molecule has 24 heavy (non-hydrogen) atoms. The first kappa shape index (κ1) is 15.4. The van der Waals surface area contributed by atoms with Crippen LogP contribution in [-0.4, -0.2) is 28.3 Å². The highest BCUT2D eigenvalue weighted by molar-refractivity contribution is 5.56. The summed E-state index contributed by atoms with van der Waals surface area (Å²) >= 11 is 0. The fraction of sp³-hybridized carbons (Fsp3) is 0.562.